The van der Waals surface area contributed by atoms with Crippen LogP contribution in [0.15, 0.2) is 30.5 Å². The van der Waals surface area contributed by atoms with Gasteiger partial charge < -0.3 is 24.6 Å². The second kappa shape index (κ2) is 7.32. The third-order valence-electron chi connectivity index (χ3n) is 3.75. The summed E-state index contributed by atoms with van der Waals surface area (Å²) < 4.78 is 28.7. The number of ether oxygens (including phenoxy) is 3. The van der Waals surface area contributed by atoms with Crippen LogP contribution in [0.4, 0.5) is 20.8 Å². The first-order chi connectivity index (χ1) is 12.9. The molecule has 0 radical (unpaired) electrons. The Morgan fingerprint density at radius 1 is 1.19 bits per heavy atom. The number of nitrogens with one attached hydrogen (secondary N) is 1. The van der Waals surface area contributed by atoms with Crippen LogP contribution >= 0.6 is 0 Å². The Balaban J connectivity index is 1.94. The molecular formula is C18H16FN3O5. The number of aryl methyl sites for hydroxylation is 1. The van der Waals surface area contributed by atoms with Crippen molar-refractivity contribution in [1.29, 1.82) is 0 Å². The number of halogens is 1. The molecule has 3 rings (SSSR count). The van der Waals surface area contributed by atoms with Gasteiger partial charge in [0.1, 0.15) is 11.6 Å². The normalized spacial score (nSPS) is 10.5. The van der Waals surface area contributed by atoms with E-state index in [1.165, 1.54) is 38.6 Å². The van der Waals surface area contributed by atoms with Gasteiger partial charge in [0, 0.05) is 23.7 Å². The number of hydrogen-bond donors (Lipinski definition) is 2. The van der Waals surface area contributed by atoms with Crippen molar-refractivity contribution in [3.63, 3.8) is 0 Å². The highest BCUT2D eigenvalue weighted by molar-refractivity contribution is 5.83. The Bertz CT molecular complexity index is 1030. The standard InChI is InChI=1S/C18H16FN3O5/c1-9-4-11(19)13(7-15(9)27-18(24)26-3)22-17-20-8-10-5-16(25-2)14(23)6-12(10)21-17/h4-8,23H,1-3H3,(H,20,21,22). The third kappa shape index (κ3) is 3.81. The van der Waals surface area contributed by atoms with Crippen molar-refractivity contribution in [3.05, 3.63) is 41.8 Å². The number of phenolic OH excluding ortho intramolecular Hbond substituents is 1. The fraction of sp³-hybridized carbons (Fsp3) is 0.167. The SMILES string of the molecule is COC(=O)Oc1cc(Nc2ncc3cc(OC)c(O)cc3n2)c(F)cc1C. The molecule has 8 nitrogen and oxygen atoms in total. The van der Waals surface area contributed by atoms with Crippen molar-refractivity contribution in [2.75, 3.05) is 19.5 Å². The first-order valence-electron chi connectivity index (χ1n) is 7.78. The molecule has 2 N–H and O–H groups in total. The van der Waals surface area contributed by atoms with Gasteiger partial charge in [-0.15, -0.1) is 0 Å². The van der Waals surface area contributed by atoms with E-state index in [2.05, 4.69) is 20.0 Å². The molecular weight excluding hydrogens is 357 g/mol. The molecule has 140 valence electrons. The minimum atomic E-state index is -0.915. The molecule has 0 spiro atoms. The lowest BCUT2D eigenvalue weighted by molar-refractivity contribution is 0.121. The number of hydrogen-bond acceptors (Lipinski definition) is 8. The maximum absolute atomic E-state index is 14.3. The Kier molecular flexibility index (Phi) is 4.93. The van der Waals surface area contributed by atoms with Crippen LogP contribution in [0.3, 0.4) is 0 Å². The molecule has 9 heteroatoms. The summed E-state index contributed by atoms with van der Waals surface area (Å²) in [5.74, 6) is -0.135. The molecule has 0 atom stereocenters. The maximum Gasteiger partial charge on any atom is 0.513 e. The monoisotopic (exact) mass is 373 g/mol. The molecule has 0 aliphatic carbocycles. The van der Waals surface area contributed by atoms with E-state index < -0.39 is 12.0 Å². The highest BCUT2D eigenvalue weighted by atomic mass is 19.1. The number of phenols is 1. The minimum Gasteiger partial charge on any atom is -0.504 e. The van der Waals surface area contributed by atoms with Gasteiger partial charge in [-0.1, -0.05) is 0 Å². The van der Waals surface area contributed by atoms with Gasteiger partial charge in [-0.2, -0.15) is 0 Å². The van der Waals surface area contributed by atoms with E-state index in [1.807, 2.05) is 0 Å². The van der Waals surface area contributed by atoms with Crippen LogP contribution in [0.2, 0.25) is 0 Å². The van der Waals surface area contributed by atoms with Gasteiger partial charge in [0.25, 0.3) is 0 Å². The van der Waals surface area contributed by atoms with Gasteiger partial charge in [0.15, 0.2) is 11.5 Å². The summed E-state index contributed by atoms with van der Waals surface area (Å²) >= 11 is 0. The Hall–Kier alpha value is -3.62. The van der Waals surface area contributed by atoms with Crippen LogP contribution in [0.25, 0.3) is 10.9 Å². The number of aromatic nitrogens is 2. The topological polar surface area (TPSA) is 103 Å². The number of benzene rings is 2. The number of aromatic hydroxyl groups is 1. The number of anilines is 2. The molecule has 0 aliphatic rings. The van der Waals surface area contributed by atoms with E-state index in [4.69, 9.17) is 9.47 Å². The second-order valence-electron chi connectivity index (χ2n) is 5.56. The van der Waals surface area contributed by atoms with Crippen molar-refractivity contribution in [3.8, 4) is 17.2 Å². The van der Waals surface area contributed by atoms with Crippen molar-refractivity contribution in [2.45, 2.75) is 6.92 Å². The zero-order chi connectivity index (χ0) is 19.6. The summed E-state index contributed by atoms with van der Waals surface area (Å²) in [6.07, 6.45) is 0.590. The second-order valence-corrected chi connectivity index (χ2v) is 5.56. The van der Waals surface area contributed by atoms with Gasteiger partial charge in [-0.25, -0.2) is 19.2 Å². The molecule has 1 aromatic heterocycles. The van der Waals surface area contributed by atoms with E-state index in [0.29, 0.717) is 22.2 Å². The van der Waals surface area contributed by atoms with Crippen molar-refractivity contribution in [2.24, 2.45) is 0 Å². The van der Waals surface area contributed by atoms with Crippen LogP contribution in [0, 0.1) is 12.7 Å². The van der Waals surface area contributed by atoms with E-state index in [0.717, 1.165) is 0 Å². The molecule has 2 aromatic carbocycles. The van der Waals surface area contributed by atoms with Gasteiger partial charge in [-0.3, -0.25) is 0 Å². The lowest BCUT2D eigenvalue weighted by Crippen LogP contribution is -2.09. The quantitative estimate of drug-likeness (QED) is 0.527. The van der Waals surface area contributed by atoms with Crippen LogP contribution in [0.1, 0.15) is 5.56 Å². The Morgan fingerprint density at radius 3 is 2.67 bits per heavy atom. The number of nitrogens with zero attached hydrogens (tertiary/aromatic N) is 2. The summed E-state index contributed by atoms with van der Waals surface area (Å²) in [4.78, 5) is 19.7. The third-order valence-corrected chi connectivity index (χ3v) is 3.75. The number of fused-ring (bicyclic) bond motifs is 1. The van der Waals surface area contributed by atoms with Crippen LogP contribution < -0.4 is 14.8 Å². The van der Waals surface area contributed by atoms with Crippen molar-refractivity contribution < 1.29 is 28.5 Å². The van der Waals surface area contributed by atoms with Gasteiger partial charge in [0.05, 0.1) is 25.4 Å². The predicted octanol–water partition coefficient (Wildman–Crippen LogP) is 3.68. The number of carbonyl (C=O) groups excluding carboxylic acids is 1. The largest absolute Gasteiger partial charge is 0.513 e. The van der Waals surface area contributed by atoms with Gasteiger partial charge in [-0.05, 0) is 24.6 Å². The summed E-state index contributed by atoms with van der Waals surface area (Å²) in [5, 5.41) is 13.2. The van der Waals surface area contributed by atoms with Crippen LogP contribution in [-0.4, -0.2) is 35.4 Å². The van der Waals surface area contributed by atoms with Crippen LogP contribution in [-0.2, 0) is 4.74 Å². The maximum atomic E-state index is 14.3. The lowest BCUT2D eigenvalue weighted by atomic mass is 10.2. The summed E-state index contributed by atoms with van der Waals surface area (Å²) in [6, 6.07) is 5.51. The van der Waals surface area contributed by atoms with E-state index >= 15 is 0 Å². The molecule has 1 heterocycles. The van der Waals surface area contributed by atoms with Crippen LogP contribution in [0.5, 0.6) is 17.2 Å². The molecule has 3 aromatic rings. The van der Waals surface area contributed by atoms with Gasteiger partial charge >= 0.3 is 6.16 Å². The fourth-order valence-corrected chi connectivity index (χ4v) is 2.38. The zero-order valence-corrected chi connectivity index (χ0v) is 14.7. The number of methoxy groups -OCH3 is 2. The lowest BCUT2D eigenvalue weighted by Gasteiger charge is -2.12. The average Bonchev–Trinajstić information content (AvgIpc) is 2.64. The molecule has 0 saturated carbocycles. The summed E-state index contributed by atoms with van der Waals surface area (Å²) in [7, 11) is 2.61. The molecule has 0 bridgehead atoms. The first kappa shape index (κ1) is 18.2. The smallest absolute Gasteiger partial charge is 0.504 e. The van der Waals surface area contributed by atoms with Crippen molar-refractivity contribution >= 4 is 28.7 Å². The molecule has 27 heavy (non-hydrogen) atoms. The highest BCUT2D eigenvalue weighted by Crippen LogP contribution is 2.31. The molecule has 0 amide bonds. The minimum absolute atomic E-state index is 0.0107. The zero-order valence-electron chi connectivity index (χ0n) is 14.7. The fourth-order valence-electron chi connectivity index (χ4n) is 2.38. The van der Waals surface area contributed by atoms with Crippen molar-refractivity contribution in [1.82, 2.24) is 9.97 Å². The summed E-state index contributed by atoms with van der Waals surface area (Å²) in [6.45, 7) is 1.59. The predicted molar refractivity (Wildman–Crippen MR) is 95.2 cm³/mol. The number of rotatable bonds is 4. The first-order valence-corrected chi connectivity index (χ1v) is 7.78. The molecule has 0 unspecified atom stereocenters. The Morgan fingerprint density at radius 2 is 1.96 bits per heavy atom. The average molecular weight is 373 g/mol. The van der Waals surface area contributed by atoms with E-state index in [1.54, 1.807) is 13.0 Å². The molecule has 0 aliphatic heterocycles. The highest BCUT2D eigenvalue weighted by Gasteiger charge is 2.14. The Labute approximate surface area is 153 Å². The van der Waals surface area contributed by atoms with Gasteiger partial charge in [0.2, 0.25) is 5.95 Å². The molecule has 0 fully saturated rings. The molecule has 0 saturated heterocycles. The number of carbonyl (C=O) groups is 1. The van der Waals surface area contributed by atoms with E-state index in [-0.39, 0.29) is 23.1 Å². The van der Waals surface area contributed by atoms with E-state index in [9.17, 15) is 14.3 Å². The summed E-state index contributed by atoms with van der Waals surface area (Å²) in [5.41, 5.74) is 0.862.